The molecule has 2 saturated heterocycles. The summed E-state index contributed by atoms with van der Waals surface area (Å²) in [6.45, 7) is 5.60. The van der Waals surface area contributed by atoms with Crippen LogP contribution in [0.3, 0.4) is 0 Å². The number of carbonyl (C=O) groups excluding carboxylic acids is 2. The lowest BCUT2D eigenvalue weighted by Gasteiger charge is -2.40. The predicted octanol–water partition coefficient (Wildman–Crippen LogP) is 3.58. The van der Waals surface area contributed by atoms with Gasteiger partial charge in [-0.25, -0.2) is 0 Å². The summed E-state index contributed by atoms with van der Waals surface area (Å²) in [6.07, 6.45) is 1.82. The molecule has 2 fully saturated rings. The molecule has 2 atom stereocenters. The average molecular weight is 553 g/mol. The second-order valence-electron chi connectivity index (χ2n) is 11.2. The van der Waals surface area contributed by atoms with Gasteiger partial charge in [0, 0.05) is 19.6 Å². The second kappa shape index (κ2) is 14.6. The van der Waals surface area contributed by atoms with Gasteiger partial charge in [-0.15, -0.1) is 0 Å². The van der Waals surface area contributed by atoms with E-state index in [-0.39, 0.29) is 31.3 Å². The Morgan fingerprint density at radius 1 is 0.925 bits per heavy atom. The topological polar surface area (TPSA) is 99.5 Å². The average Bonchev–Trinajstić information content (AvgIpc) is 2.98. The van der Waals surface area contributed by atoms with Crippen molar-refractivity contribution in [1.29, 1.82) is 0 Å². The monoisotopic (exact) mass is 552 g/mol. The summed E-state index contributed by atoms with van der Waals surface area (Å²) in [5.41, 5.74) is 1.54. The molecule has 2 aromatic carbocycles. The van der Waals surface area contributed by atoms with Gasteiger partial charge in [0.15, 0.2) is 0 Å². The summed E-state index contributed by atoms with van der Waals surface area (Å²) < 4.78 is 11.1. The first-order chi connectivity index (χ1) is 19.4. The van der Waals surface area contributed by atoms with Crippen LogP contribution in [-0.2, 0) is 27.3 Å². The molecule has 0 unspecified atom stereocenters. The first-order valence-electron chi connectivity index (χ1n) is 14.7. The van der Waals surface area contributed by atoms with Gasteiger partial charge in [0.1, 0.15) is 18.5 Å². The zero-order valence-corrected chi connectivity index (χ0v) is 23.7. The van der Waals surface area contributed by atoms with Crippen LogP contribution in [0, 0.1) is 5.41 Å². The Morgan fingerprint density at radius 3 is 2.35 bits per heavy atom. The molecule has 0 aromatic heterocycles. The molecule has 2 heterocycles. The van der Waals surface area contributed by atoms with E-state index in [0.717, 1.165) is 43.8 Å². The van der Waals surface area contributed by atoms with Crippen LogP contribution < -0.4 is 4.74 Å². The Kier molecular flexibility index (Phi) is 11.0. The Balaban J connectivity index is 1.38. The lowest BCUT2D eigenvalue weighted by Crippen LogP contribution is -2.45. The number of aliphatic hydroxyl groups excluding tert-OH is 2. The van der Waals surface area contributed by atoms with Gasteiger partial charge in [0.05, 0.1) is 24.5 Å². The minimum atomic E-state index is -1.19. The van der Waals surface area contributed by atoms with E-state index in [0.29, 0.717) is 39.0 Å². The normalized spacial score (nSPS) is 23.0. The van der Waals surface area contributed by atoms with Crippen LogP contribution >= 0.6 is 0 Å². The number of hydrogen-bond acceptors (Lipinski definition) is 7. The van der Waals surface area contributed by atoms with Crippen molar-refractivity contribution >= 4 is 11.9 Å². The third-order valence-corrected chi connectivity index (χ3v) is 8.30. The van der Waals surface area contributed by atoms with E-state index in [1.54, 1.807) is 4.90 Å². The molecule has 4 rings (SSSR count). The van der Waals surface area contributed by atoms with Gasteiger partial charge in [0.2, 0.25) is 5.91 Å². The largest absolute Gasteiger partial charge is 0.494 e. The van der Waals surface area contributed by atoms with Gasteiger partial charge in [-0.3, -0.25) is 14.5 Å². The molecule has 0 aliphatic carbocycles. The summed E-state index contributed by atoms with van der Waals surface area (Å²) in [5.74, 6) is 0.479. The van der Waals surface area contributed by atoms with Crippen LogP contribution in [0.15, 0.2) is 54.6 Å². The molecule has 2 aliphatic rings. The van der Waals surface area contributed by atoms with E-state index in [1.807, 2.05) is 49.4 Å². The highest BCUT2D eigenvalue weighted by Crippen LogP contribution is 2.38. The van der Waals surface area contributed by atoms with Crippen molar-refractivity contribution in [2.24, 2.45) is 5.41 Å². The fourth-order valence-electron chi connectivity index (χ4n) is 5.73. The van der Waals surface area contributed by atoms with Crippen molar-refractivity contribution in [2.75, 3.05) is 39.4 Å². The molecule has 0 radical (unpaired) electrons. The highest BCUT2D eigenvalue weighted by atomic mass is 16.5. The minimum Gasteiger partial charge on any atom is -0.494 e. The summed E-state index contributed by atoms with van der Waals surface area (Å²) in [5, 5.41) is 21.1. The molecule has 0 bridgehead atoms. The maximum absolute atomic E-state index is 13.3. The smallest absolute Gasteiger partial charge is 0.312 e. The van der Waals surface area contributed by atoms with E-state index in [4.69, 9.17) is 9.47 Å². The van der Waals surface area contributed by atoms with E-state index in [1.165, 1.54) is 5.56 Å². The number of amides is 1. The summed E-state index contributed by atoms with van der Waals surface area (Å²) in [6, 6.07) is 17.9. The molecular formula is C32H44N2O6. The molecule has 218 valence electrons. The number of esters is 1. The van der Waals surface area contributed by atoms with Crippen molar-refractivity contribution in [3.63, 3.8) is 0 Å². The molecule has 8 nitrogen and oxygen atoms in total. The number of benzene rings is 2. The van der Waals surface area contributed by atoms with Crippen molar-refractivity contribution < 1.29 is 29.3 Å². The van der Waals surface area contributed by atoms with Gasteiger partial charge < -0.3 is 24.6 Å². The van der Waals surface area contributed by atoms with Crippen molar-refractivity contribution in [1.82, 2.24) is 9.80 Å². The number of carbonyl (C=O) groups is 2. The minimum absolute atomic E-state index is 0.0167. The highest BCUT2D eigenvalue weighted by molar-refractivity contribution is 5.79. The summed E-state index contributed by atoms with van der Waals surface area (Å²) in [4.78, 5) is 30.7. The molecule has 2 aromatic rings. The summed E-state index contributed by atoms with van der Waals surface area (Å²) in [7, 11) is 0. The van der Waals surface area contributed by atoms with Crippen LogP contribution in [0.2, 0.25) is 0 Å². The van der Waals surface area contributed by atoms with Gasteiger partial charge in [-0.1, -0.05) is 48.9 Å². The number of rotatable bonds is 6. The lowest BCUT2D eigenvalue weighted by atomic mass is 9.74. The SMILES string of the molecule is CCOc1ccc(CC(=O)N2CCCCC3(CCN(Cc4ccccc4)CC3)C(=O)OC[C@@H](O)[C@@H](O)CC2)cc1. The molecule has 40 heavy (non-hydrogen) atoms. The van der Waals surface area contributed by atoms with Gasteiger partial charge in [-0.05, 0) is 75.4 Å². The number of cyclic esters (lactones) is 1. The van der Waals surface area contributed by atoms with Gasteiger partial charge in [0.25, 0.3) is 0 Å². The van der Waals surface area contributed by atoms with Crippen molar-refractivity contribution in [3.8, 4) is 5.75 Å². The summed E-state index contributed by atoms with van der Waals surface area (Å²) >= 11 is 0. The van der Waals surface area contributed by atoms with E-state index < -0.39 is 17.6 Å². The number of likely N-dealkylation sites (tertiary alicyclic amines) is 1. The highest BCUT2D eigenvalue weighted by Gasteiger charge is 2.42. The molecule has 1 spiro atoms. The number of nitrogens with zero attached hydrogens (tertiary/aromatic N) is 2. The predicted molar refractivity (Wildman–Crippen MR) is 153 cm³/mol. The van der Waals surface area contributed by atoms with Crippen LogP contribution in [0.25, 0.3) is 0 Å². The quantitative estimate of drug-likeness (QED) is 0.529. The zero-order valence-electron chi connectivity index (χ0n) is 23.7. The number of piperidine rings is 1. The second-order valence-corrected chi connectivity index (χ2v) is 11.2. The maximum Gasteiger partial charge on any atom is 0.312 e. The Hall–Kier alpha value is -2.94. The third kappa shape index (κ3) is 8.29. The Morgan fingerprint density at radius 2 is 1.65 bits per heavy atom. The van der Waals surface area contributed by atoms with Crippen molar-refractivity contribution in [2.45, 2.75) is 70.6 Å². The first-order valence-corrected chi connectivity index (χ1v) is 14.7. The lowest BCUT2D eigenvalue weighted by molar-refractivity contribution is -0.165. The Labute approximate surface area is 237 Å². The van der Waals surface area contributed by atoms with Crippen LogP contribution in [0.1, 0.15) is 56.6 Å². The van der Waals surface area contributed by atoms with E-state index in [9.17, 15) is 19.8 Å². The molecule has 0 saturated carbocycles. The van der Waals surface area contributed by atoms with Crippen LogP contribution in [-0.4, -0.2) is 83.5 Å². The number of hydrogen-bond donors (Lipinski definition) is 2. The van der Waals surface area contributed by atoms with Gasteiger partial charge in [-0.2, -0.15) is 0 Å². The van der Waals surface area contributed by atoms with Crippen LogP contribution in [0.4, 0.5) is 0 Å². The third-order valence-electron chi connectivity index (χ3n) is 8.30. The number of ether oxygens (including phenoxy) is 2. The standard InChI is InChI=1S/C32H44N2O6/c1-2-39-27-12-10-25(11-13-27)22-30(37)34-18-7-6-15-32(31(38)40-24-29(36)28(35)14-19-34)16-20-33(21-17-32)23-26-8-4-3-5-9-26/h3-5,8-13,28-29,35-36H,2,6-7,14-24H2,1H3/t28-,29+/m0/s1. The molecule has 1 amide bonds. The van der Waals surface area contributed by atoms with E-state index >= 15 is 0 Å². The maximum atomic E-state index is 13.3. The number of aliphatic hydroxyl groups is 2. The molecule has 2 N–H and O–H groups in total. The molecule has 2 aliphatic heterocycles. The zero-order chi connectivity index (χ0) is 28.4. The fourth-order valence-corrected chi connectivity index (χ4v) is 5.73. The fraction of sp³-hybridized carbons (Fsp3) is 0.562. The Bertz CT molecular complexity index is 1070. The van der Waals surface area contributed by atoms with Crippen LogP contribution in [0.5, 0.6) is 5.75 Å². The van der Waals surface area contributed by atoms with Crippen molar-refractivity contribution in [3.05, 3.63) is 65.7 Å². The van der Waals surface area contributed by atoms with E-state index in [2.05, 4.69) is 17.0 Å². The molecule has 8 heteroatoms. The molecular weight excluding hydrogens is 508 g/mol. The van der Waals surface area contributed by atoms with Gasteiger partial charge >= 0.3 is 5.97 Å². The first kappa shape index (κ1) is 30.0.